The molecule has 0 saturated carbocycles. The molecular weight excluding hydrogens is 287 g/mol. The lowest BCUT2D eigenvalue weighted by Gasteiger charge is -2.11. The molecule has 1 heterocycles. The van der Waals surface area contributed by atoms with Crippen LogP contribution in [0, 0.1) is 5.82 Å². The van der Waals surface area contributed by atoms with E-state index in [1.54, 1.807) is 18.2 Å². The Kier molecular flexibility index (Phi) is 4.09. The zero-order chi connectivity index (χ0) is 15.4. The summed E-state index contributed by atoms with van der Waals surface area (Å²) in [5.41, 5.74) is 1.09. The maximum absolute atomic E-state index is 12.8. The number of ether oxygens (including phenoxy) is 2. The van der Waals surface area contributed by atoms with Crippen molar-refractivity contribution in [3.8, 4) is 11.5 Å². The smallest absolute Gasteiger partial charge is 0.323 e. The molecule has 22 heavy (non-hydrogen) atoms. The molecular formula is C16H15FN2O3. The number of hydrogen-bond donors (Lipinski definition) is 2. The number of benzene rings is 2. The van der Waals surface area contributed by atoms with Gasteiger partial charge in [0.15, 0.2) is 11.5 Å². The number of anilines is 2. The van der Waals surface area contributed by atoms with E-state index in [-0.39, 0.29) is 5.82 Å². The van der Waals surface area contributed by atoms with Crippen molar-refractivity contribution in [3.63, 3.8) is 0 Å². The molecule has 2 amide bonds. The Morgan fingerprint density at radius 1 is 0.909 bits per heavy atom. The molecule has 0 atom stereocenters. The Morgan fingerprint density at radius 2 is 1.55 bits per heavy atom. The molecule has 6 heteroatoms. The summed E-state index contributed by atoms with van der Waals surface area (Å²) in [6.45, 7) is 1.20. The number of urea groups is 1. The predicted octanol–water partition coefficient (Wildman–Crippen LogP) is 3.63. The second kappa shape index (κ2) is 6.34. The Hall–Kier alpha value is -2.76. The van der Waals surface area contributed by atoms with Crippen LogP contribution in [0.2, 0.25) is 0 Å². The summed E-state index contributed by atoms with van der Waals surface area (Å²) in [6.07, 6.45) is 0.822. The summed E-state index contributed by atoms with van der Waals surface area (Å²) in [4.78, 5) is 11.9. The molecule has 0 unspecified atom stereocenters. The summed E-state index contributed by atoms with van der Waals surface area (Å²) >= 11 is 0. The lowest BCUT2D eigenvalue weighted by Crippen LogP contribution is -2.19. The number of hydrogen-bond acceptors (Lipinski definition) is 3. The maximum atomic E-state index is 12.8. The first-order valence-corrected chi connectivity index (χ1v) is 6.94. The van der Waals surface area contributed by atoms with E-state index in [1.165, 1.54) is 24.3 Å². The lowest BCUT2D eigenvalue weighted by molar-refractivity contribution is 0.262. The minimum atomic E-state index is -0.416. The Balaban J connectivity index is 1.66. The van der Waals surface area contributed by atoms with Gasteiger partial charge in [0.25, 0.3) is 0 Å². The van der Waals surface area contributed by atoms with Gasteiger partial charge in [0.1, 0.15) is 5.82 Å². The fourth-order valence-corrected chi connectivity index (χ4v) is 2.07. The molecule has 0 aromatic heterocycles. The summed E-state index contributed by atoms with van der Waals surface area (Å²) in [7, 11) is 0. The Morgan fingerprint density at radius 3 is 2.32 bits per heavy atom. The zero-order valence-corrected chi connectivity index (χ0v) is 11.8. The molecule has 2 aromatic carbocycles. The Bertz CT molecular complexity index is 674. The van der Waals surface area contributed by atoms with Crippen LogP contribution in [-0.2, 0) is 0 Å². The molecule has 1 aliphatic rings. The van der Waals surface area contributed by atoms with E-state index in [1.807, 2.05) is 0 Å². The van der Waals surface area contributed by atoms with Crippen LogP contribution in [0.3, 0.4) is 0 Å². The quantitative estimate of drug-likeness (QED) is 0.890. The summed E-state index contributed by atoms with van der Waals surface area (Å²) in [5.74, 6) is 0.924. The van der Waals surface area contributed by atoms with E-state index in [0.29, 0.717) is 36.1 Å². The molecule has 0 bridgehead atoms. The molecule has 0 fully saturated rings. The number of carbonyl (C=O) groups excluding carboxylic acids is 1. The van der Waals surface area contributed by atoms with E-state index < -0.39 is 6.03 Å². The van der Waals surface area contributed by atoms with Crippen molar-refractivity contribution < 1.29 is 18.7 Å². The molecule has 0 saturated heterocycles. The van der Waals surface area contributed by atoms with Gasteiger partial charge in [0.05, 0.1) is 13.2 Å². The van der Waals surface area contributed by atoms with Crippen LogP contribution in [0.1, 0.15) is 6.42 Å². The molecule has 2 N–H and O–H groups in total. The highest BCUT2D eigenvalue weighted by Gasteiger charge is 2.11. The first kappa shape index (κ1) is 14.2. The number of rotatable bonds is 2. The number of amides is 2. The summed E-state index contributed by atoms with van der Waals surface area (Å²) < 4.78 is 23.9. The maximum Gasteiger partial charge on any atom is 0.323 e. The van der Waals surface area contributed by atoms with Crippen LogP contribution < -0.4 is 20.1 Å². The van der Waals surface area contributed by atoms with Crippen molar-refractivity contribution in [1.82, 2.24) is 0 Å². The molecule has 5 nitrogen and oxygen atoms in total. The van der Waals surface area contributed by atoms with E-state index in [2.05, 4.69) is 10.6 Å². The first-order chi connectivity index (χ1) is 10.7. The number of fused-ring (bicyclic) bond motifs is 1. The average Bonchev–Trinajstić information content (AvgIpc) is 2.74. The molecule has 0 aliphatic carbocycles. The molecule has 3 rings (SSSR count). The van der Waals surface area contributed by atoms with Gasteiger partial charge in [0, 0.05) is 23.9 Å². The topological polar surface area (TPSA) is 59.6 Å². The zero-order valence-electron chi connectivity index (χ0n) is 11.8. The highest BCUT2D eigenvalue weighted by Crippen LogP contribution is 2.32. The van der Waals surface area contributed by atoms with Gasteiger partial charge < -0.3 is 20.1 Å². The van der Waals surface area contributed by atoms with Gasteiger partial charge >= 0.3 is 6.03 Å². The first-order valence-electron chi connectivity index (χ1n) is 6.94. The molecule has 114 valence electrons. The minimum absolute atomic E-state index is 0.353. The third kappa shape index (κ3) is 3.46. The van der Waals surface area contributed by atoms with Crippen LogP contribution in [0.25, 0.3) is 0 Å². The van der Waals surface area contributed by atoms with Gasteiger partial charge in [-0.2, -0.15) is 0 Å². The van der Waals surface area contributed by atoms with Gasteiger partial charge in [-0.3, -0.25) is 0 Å². The number of nitrogens with one attached hydrogen (secondary N) is 2. The van der Waals surface area contributed by atoms with E-state index in [9.17, 15) is 9.18 Å². The molecule has 0 radical (unpaired) electrons. The fraction of sp³-hybridized carbons (Fsp3) is 0.188. The van der Waals surface area contributed by atoms with Crippen LogP contribution in [0.15, 0.2) is 42.5 Å². The second-order valence-corrected chi connectivity index (χ2v) is 4.80. The van der Waals surface area contributed by atoms with Gasteiger partial charge in [-0.25, -0.2) is 9.18 Å². The predicted molar refractivity (Wildman–Crippen MR) is 81.1 cm³/mol. The van der Waals surface area contributed by atoms with Crippen LogP contribution in [0.4, 0.5) is 20.6 Å². The van der Waals surface area contributed by atoms with Gasteiger partial charge in [-0.1, -0.05) is 0 Å². The van der Waals surface area contributed by atoms with Crippen molar-refractivity contribution in [2.45, 2.75) is 6.42 Å². The minimum Gasteiger partial charge on any atom is -0.490 e. The Labute approximate surface area is 127 Å². The highest BCUT2D eigenvalue weighted by molar-refractivity contribution is 5.99. The number of halogens is 1. The lowest BCUT2D eigenvalue weighted by atomic mass is 10.2. The molecule has 2 aromatic rings. The average molecular weight is 302 g/mol. The van der Waals surface area contributed by atoms with Crippen LogP contribution in [0.5, 0.6) is 11.5 Å². The van der Waals surface area contributed by atoms with Crippen molar-refractivity contribution in [2.24, 2.45) is 0 Å². The monoisotopic (exact) mass is 302 g/mol. The van der Waals surface area contributed by atoms with Crippen molar-refractivity contribution in [1.29, 1.82) is 0 Å². The van der Waals surface area contributed by atoms with E-state index >= 15 is 0 Å². The molecule has 1 aliphatic heterocycles. The normalized spacial score (nSPS) is 13.1. The van der Waals surface area contributed by atoms with Gasteiger partial charge in [-0.15, -0.1) is 0 Å². The highest BCUT2D eigenvalue weighted by atomic mass is 19.1. The van der Waals surface area contributed by atoms with Crippen LogP contribution in [-0.4, -0.2) is 19.2 Å². The van der Waals surface area contributed by atoms with Crippen LogP contribution >= 0.6 is 0 Å². The standard InChI is InChI=1S/C16H15FN2O3/c17-11-2-4-12(5-3-11)18-16(20)19-13-6-7-14-15(10-13)22-9-1-8-21-14/h2-7,10H,1,8-9H2,(H2,18,19,20). The largest absolute Gasteiger partial charge is 0.490 e. The fourth-order valence-electron chi connectivity index (χ4n) is 2.07. The third-order valence-electron chi connectivity index (χ3n) is 3.11. The van der Waals surface area contributed by atoms with E-state index in [4.69, 9.17) is 9.47 Å². The van der Waals surface area contributed by atoms with E-state index in [0.717, 1.165) is 6.42 Å². The van der Waals surface area contributed by atoms with Crippen molar-refractivity contribution in [2.75, 3.05) is 23.8 Å². The van der Waals surface area contributed by atoms with Gasteiger partial charge in [-0.05, 0) is 36.4 Å². The molecule has 0 spiro atoms. The van der Waals surface area contributed by atoms with Crippen molar-refractivity contribution in [3.05, 3.63) is 48.3 Å². The third-order valence-corrected chi connectivity index (χ3v) is 3.11. The summed E-state index contributed by atoms with van der Waals surface area (Å²) in [5, 5.41) is 5.32. The second-order valence-electron chi connectivity index (χ2n) is 4.80. The SMILES string of the molecule is O=C(Nc1ccc(F)cc1)Nc1ccc2c(c1)OCCCO2. The summed E-state index contributed by atoms with van der Waals surface area (Å²) in [6, 6.07) is 10.3. The van der Waals surface area contributed by atoms with Gasteiger partial charge in [0.2, 0.25) is 0 Å². The number of carbonyl (C=O) groups is 1. The van der Waals surface area contributed by atoms with Crippen molar-refractivity contribution >= 4 is 17.4 Å².